The van der Waals surface area contributed by atoms with Crippen LogP contribution < -0.4 is 11.3 Å². The number of rotatable bonds is 4. The first-order valence-electron chi connectivity index (χ1n) is 4.68. The van der Waals surface area contributed by atoms with Crippen LogP contribution in [0.25, 0.3) is 0 Å². The quantitative estimate of drug-likeness (QED) is 0.248. The Labute approximate surface area is 92.3 Å². The molecule has 88 valence electrons. The van der Waals surface area contributed by atoms with Crippen LogP contribution in [0, 0.1) is 0 Å². The molecule has 0 fully saturated rings. The highest BCUT2D eigenvalue weighted by atomic mass is 16.4. The fourth-order valence-electron chi connectivity index (χ4n) is 1.27. The summed E-state index contributed by atoms with van der Waals surface area (Å²) in [7, 11) is 0. The largest absolute Gasteiger partial charge is 0.394 e. The Morgan fingerprint density at radius 1 is 1.44 bits per heavy atom. The average molecular weight is 226 g/mol. The minimum absolute atomic E-state index is 0.268. The van der Waals surface area contributed by atoms with Gasteiger partial charge in [0.25, 0.3) is 5.91 Å². The summed E-state index contributed by atoms with van der Waals surface area (Å²) < 4.78 is 0. The van der Waals surface area contributed by atoms with Gasteiger partial charge in [0.2, 0.25) is 0 Å². The van der Waals surface area contributed by atoms with Crippen LogP contribution in [0.3, 0.4) is 0 Å². The summed E-state index contributed by atoms with van der Waals surface area (Å²) >= 11 is 0. The number of hydrogen-bond donors (Lipinski definition) is 5. The van der Waals surface area contributed by atoms with Gasteiger partial charge in [0.05, 0.1) is 6.61 Å². The van der Waals surface area contributed by atoms with E-state index in [0.29, 0.717) is 5.56 Å². The van der Waals surface area contributed by atoms with Crippen LogP contribution in [0.5, 0.6) is 0 Å². The highest BCUT2D eigenvalue weighted by molar-refractivity contribution is 5.93. The first-order chi connectivity index (χ1) is 7.60. The lowest BCUT2D eigenvalue weighted by Crippen LogP contribution is -2.30. The number of carbonyl (C=O) groups excluding carboxylic acids is 1. The molecule has 0 aromatic heterocycles. The van der Waals surface area contributed by atoms with Gasteiger partial charge in [0.1, 0.15) is 12.2 Å². The van der Waals surface area contributed by atoms with Crippen LogP contribution in [0.2, 0.25) is 0 Å². The number of amides is 1. The third kappa shape index (κ3) is 2.77. The van der Waals surface area contributed by atoms with Crippen molar-refractivity contribution in [2.45, 2.75) is 12.2 Å². The molecule has 1 rings (SSSR count). The summed E-state index contributed by atoms with van der Waals surface area (Å²) in [6, 6.07) is 6.00. The van der Waals surface area contributed by atoms with Crippen molar-refractivity contribution in [3.8, 4) is 0 Å². The van der Waals surface area contributed by atoms with Crippen LogP contribution in [-0.4, -0.2) is 33.9 Å². The van der Waals surface area contributed by atoms with Crippen LogP contribution in [0.1, 0.15) is 22.0 Å². The summed E-state index contributed by atoms with van der Waals surface area (Å²) in [6.07, 6.45) is -2.52. The average Bonchev–Trinajstić information content (AvgIpc) is 2.36. The molecule has 0 aliphatic heterocycles. The van der Waals surface area contributed by atoms with Gasteiger partial charge in [-0.15, -0.1) is 0 Å². The Morgan fingerprint density at radius 2 is 2.12 bits per heavy atom. The molecule has 0 aliphatic carbocycles. The maximum atomic E-state index is 11.2. The van der Waals surface area contributed by atoms with E-state index >= 15 is 0 Å². The van der Waals surface area contributed by atoms with Crippen molar-refractivity contribution in [2.75, 3.05) is 6.61 Å². The Bertz CT molecular complexity index is 370. The first-order valence-corrected chi connectivity index (χ1v) is 4.68. The van der Waals surface area contributed by atoms with Crippen molar-refractivity contribution < 1.29 is 20.1 Å². The van der Waals surface area contributed by atoms with Gasteiger partial charge in [-0.05, 0) is 17.7 Å². The summed E-state index contributed by atoms with van der Waals surface area (Å²) in [5.41, 5.74) is 2.56. The molecule has 1 aromatic rings. The predicted molar refractivity (Wildman–Crippen MR) is 56.1 cm³/mol. The van der Waals surface area contributed by atoms with Gasteiger partial charge < -0.3 is 15.3 Å². The molecule has 2 atom stereocenters. The number of aliphatic hydroxyl groups is 3. The molecular weight excluding hydrogens is 212 g/mol. The fraction of sp³-hybridized carbons (Fsp3) is 0.300. The molecule has 0 bridgehead atoms. The second-order valence-electron chi connectivity index (χ2n) is 3.29. The van der Waals surface area contributed by atoms with Gasteiger partial charge in [-0.2, -0.15) is 0 Å². The lowest BCUT2D eigenvalue weighted by Gasteiger charge is -2.16. The third-order valence-electron chi connectivity index (χ3n) is 2.17. The van der Waals surface area contributed by atoms with Crippen molar-refractivity contribution in [1.29, 1.82) is 0 Å². The number of aliphatic hydroxyl groups excluding tert-OH is 3. The van der Waals surface area contributed by atoms with E-state index in [9.17, 15) is 15.0 Å². The zero-order valence-electron chi connectivity index (χ0n) is 8.50. The Kier molecular flexibility index (Phi) is 4.39. The Hall–Kier alpha value is -1.47. The van der Waals surface area contributed by atoms with Crippen LogP contribution in [-0.2, 0) is 0 Å². The lowest BCUT2D eigenvalue weighted by atomic mass is 10.0. The van der Waals surface area contributed by atoms with E-state index < -0.39 is 24.7 Å². The molecule has 0 saturated heterocycles. The van der Waals surface area contributed by atoms with Gasteiger partial charge in [0, 0.05) is 5.56 Å². The van der Waals surface area contributed by atoms with Crippen molar-refractivity contribution >= 4 is 5.91 Å². The topological polar surface area (TPSA) is 116 Å². The molecule has 0 aliphatic rings. The van der Waals surface area contributed by atoms with Gasteiger partial charge in [-0.25, -0.2) is 5.84 Å². The minimum Gasteiger partial charge on any atom is -0.394 e. The number of nitrogen functional groups attached to an aromatic ring is 1. The first kappa shape index (κ1) is 12.6. The molecule has 6 nitrogen and oxygen atoms in total. The number of hydrogen-bond acceptors (Lipinski definition) is 5. The smallest absolute Gasteiger partial charge is 0.265 e. The number of carbonyl (C=O) groups is 1. The lowest BCUT2D eigenvalue weighted by molar-refractivity contribution is -0.0152. The zero-order chi connectivity index (χ0) is 12.1. The van der Waals surface area contributed by atoms with E-state index in [0.717, 1.165) is 0 Å². The number of hydrazine groups is 1. The van der Waals surface area contributed by atoms with Gasteiger partial charge in [0.15, 0.2) is 0 Å². The van der Waals surface area contributed by atoms with Crippen molar-refractivity contribution in [3.63, 3.8) is 0 Å². The molecule has 16 heavy (non-hydrogen) atoms. The minimum atomic E-state index is -1.28. The van der Waals surface area contributed by atoms with E-state index in [1.165, 1.54) is 18.2 Å². The highest BCUT2D eigenvalue weighted by Gasteiger charge is 2.18. The standard InChI is InChI=1S/C10H14N2O4/c11-12-10(16)7-3-1-2-6(4-7)9(15)8(14)5-13/h1-4,8-9,13-15H,5,11H2,(H,12,16). The summed E-state index contributed by atoms with van der Waals surface area (Å²) in [6.45, 7) is -0.561. The maximum Gasteiger partial charge on any atom is 0.265 e. The normalized spacial score (nSPS) is 14.2. The monoisotopic (exact) mass is 226 g/mol. The van der Waals surface area contributed by atoms with Crippen LogP contribution >= 0.6 is 0 Å². The number of nitrogens with two attached hydrogens (primary N) is 1. The van der Waals surface area contributed by atoms with Crippen molar-refractivity contribution in [3.05, 3.63) is 35.4 Å². The van der Waals surface area contributed by atoms with Crippen LogP contribution in [0.15, 0.2) is 24.3 Å². The molecule has 1 aromatic carbocycles. The van der Waals surface area contributed by atoms with Crippen LogP contribution in [0.4, 0.5) is 0 Å². The molecule has 1 amide bonds. The maximum absolute atomic E-state index is 11.2. The van der Waals surface area contributed by atoms with E-state index in [4.69, 9.17) is 10.9 Å². The summed E-state index contributed by atoms with van der Waals surface area (Å²) in [5, 5.41) is 27.5. The number of benzene rings is 1. The van der Waals surface area contributed by atoms with E-state index in [-0.39, 0.29) is 5.56 Å². The number of nitrogens with one attached hydrogen (secondary N) is 1. The Balaban J connectivity index is 2.94. The summed E-state index contributed by atoms with van der Waals surface area (Å²) in [4.78, 5) is 11.2. The van der Waals surface area contributed by atoms with Gasteiger partial charge in [-0.1, -0.05) is 12.1 Å². The summed E-state index contributed by atoms with van der Waals surface area (Å²) in [5.74, 6) is 4.47. The molecule has 0 radical (unpaired) electrons. The fourth-order valence-corrected chi connectivity index (χ4v) is 1.27. The predicted octanol–water partition coefficient (Wildman–Crippen LogP) is -1.32. The molecular formula is C10H14N2O4. The van der Waals surface area contributed by atoms with E-state index in [2.05, 4.69) is 0 Å². The zero-order valence-corrected chi connectivity index (χ0v) is 8.50. The third-order valence-corrected chi connectivity index (χ3v) is 2.17. The molecule has 0 saturated carbocycles. The molecule has 0 heterocycles. The molecule has 2 unspecified atom stereocenters. The second kappa shape index (κ2) is 5.57. The SMILES string of the molecule is NNC(=O)c1cccc(C(O)C(O)CO)c1. The van der Waals surface area contributed by atoms with E-state index in [1.54, 1.807) is 6.07 Å². The van der Waals surface area contributed by atoms with Crippen molar-refractivity contribution in [1.82, 2.24) is 5.43 Å². The molecule has 0 spiro atoms. The molecule has 6 N–H and O–H groups in total. The van der Waals surface area contributed by atoms with Gasteiger partial charge in [-0.3, -0.25) is 10.2 Å². The Morgan fingerprint density at radius 3 is 2.69 bits per heavy atom. The molecule has 6 heteroatoms. The van der Waals surface area contributed by atoms with E-state index in [1.807, 2.05) is 5.43 Å². The van der Waals surface area contributed by atoms with Gasteiger partial charge >= 0.3 is 0 Å². The highest BCUT2D eigenvalue weighted by Crippen LogP contribution is 2.17. The second-order valence-corrected chi connectivity index (χ2v) is 3.29. The van der Waals surface area contributed by atoms with Crippen molar-refractivity contribution in [2.24, 2.45) is 5.84 Å².